The number of nitrogens with zero attached hydrogens (tertiary/aromatic N) is 1. The minimum atomic E-state index is 0.134. The molecule has 5 nitrogen and oxygen atoms in total. The molecule has 0 aromatic heterocycles. The first kappa shape index (κ1) is 15.1. The number of ether oxygens (including phenoxy) is 1. The number of thioether (sulfide) groups is 1. The quantitative estimate of drug-likeness (QED) is 0.722. The van der Waals surface area contributed by atoms with Gasteiger partial charge in [0.1, 0.15) is 0 Å². The van der Waals surface area contributed by atoms with Crippen molar-refractivity contribution in [3.63, 3.8) is 0 Å². The van der Waals surface area contributed by atoms with Crippen molar-refractivity contribution in [1.29, 1.82) is 0 Å². The molecule has 110 valence electrons. The molecule has 1 amide bonds. The van der Waals surface area contributed by atoms with Gasteiger partial charge in [-0.25, -0.2) is 0 Å². The Morgan fingerprint density at radius 2 is 2.21 bits per heavy atom. The van der Waals surface area contributed by atoms with Gasteiger partial charge in [-0.2, -0.15) is 11.8 Å². The summed E-state index contributed by atoms with van der Waals surface area (Å²) in [4.78, 5) is 14.3. The summed E-state index contributed by atoms with van der Waals surface area (Å²) in [5.41, 5.74) is 5.58. The van der Waals surface area contributed by atoms with Crippen molar-refractivity contribution >= 4 is 17.7 Å². The molecule has 0 spiro atoms. The lowest BCUT2D eigenvalue weighted by molar-refractivity contribution is -0.122. The van der Waals surface area contributed by atoms with E-state index < -0.39 is 0 Å². The molecule has 1 unspecified atom stereocenters. The van der Waals surface area contributed by atoms with Crippen molar-refractivity contribution in [3.05, 3.63) is 0 Å². The molecule has 2 fully saturated rings. The third-order valence-electron chi connectivity index (χ3n) is 3.99. The number of rotatable bonds is 6. The van der Waals surface area contributed by atoms with Crippen molar-refractivity contribution in [3.8, 4) is 0 Å². The number of morpholine rings is 1. The molecule has 0 aliphatic carbocycles. The summed E-state index contributed by atoms with van der Waals surface area (Å²) in [7, 11) is 0. The fourth-order valence-corrected chi connectivity index (χ4v) is 4.23. The number of hydrogen-bond acceptors (Lipinski definition) is 5. The molecule has 2 aliphatic rings. The number of nitrogens with two attached hydrogens (primary N) is 1. The molecule has 0 saturated carbocycles. The molecule has 0 bridgehead atoms. The van der Waals surface area contributed by atoms with Gasteiger partial charge in [0.25, 0.3) is 0 Å². The van der Waals surface area contributed by atoms with Crippen molar-refractivity contribution < 1.29 is 9.53 Å². The summed E-state index contributed by atoms with van der Waals surface area (Å²) in [6, 6.07) is 0. The van der Waals surface area contributed by atoms with Crippen LogP contribution in [0.2, 0.25) is 0 Å². The molecule has 2 heterocycles. The smallest absolute Gasteiger partial charge is 0.220 e. The maximum atomic E-state index is 11.8. The second-order valence-corrected chi connectivity index (χ2v) is 6.40. The van der Waals surface area contributed by atoms with Gasteiger partial charge in [-0.05, 0) is 25.1 Å². The van der Waals surface area contributed by atoms with Crippen LogP contribution in [0.3, 0.4) is 0 Å². The zero-order valence-electron chi connectivity index (χ0n) is 11.5. The molecular weight excluding hydrogens is 262 g/mol. The summed E-state index contributed by atoms with van der Waals surface area (Å²) >= 11 is 1.99. The van der Waals surface area contributed by atoms with E-state index in [9.17, 15) is 4.79 Å². The van der Waals surface area contributed by atoms with Crippen molar-refractivity contribution in [2.45, 2.75) is 24.8 Å². The van der Waals surface area contributed by atoms with Gasteiger partial charge in [0, 0.05) is 37.3 Å². The van der Waals surface area contributed by atoms with E-state index >= 15 is 0 Å². The lowest BCUT2D eigenvalue weighted by Crippen LogP contribution is -2.59. The normalized spacial score (nSPS) is 28.5. The van der Waals surface area contributed by atoms with E-state index in [2.05, 4.69) is 10.2 Å². The predicted molar refractivity (Wildman–Crippen MR) is 78.4 cm³/mol. The van der Waals surface area contributed by atoms with Gasteiger partial charge in [0.2, 0.25) is 5.91 Å². The Labute approximate surface area is 119 Å². The van der Waals surface area contributed by atoms with Crippen molar-refractivity contribution in [2.75, 3.05) is 50.9 Å². The highest BCUT2D eigenvalue weighted by molar-refractivity contribution is 7.99. The van der Waals surface area contributed by atoms with E-state index in [4.69, 9.17) is 10.5 Å². The van der Waals surface area contributed by atoms with Gasteiger partial charge in [-0.3, -0.25) is 9.69 Å². The van der Waals surface area contributed by atoms with Crippen LogP contribution in [-0.4, -0.2) is 67.2 Å². The molecule has 2 aliphatic heterocycles. The van der Waals surface area contributed by atoms with E-state index in [1.165, 1.54) is 5.75 Å². The SMILES string of the molecule is NCCCC(=O)NCC1(N2CCOCC2)CCSC1. The summed E-state index contributed by atoms with van der Waals surface area (Å²) in [6.45, 7) is 4.95. The zero-order valence-corrected chi connectivity index (χ0v) is 12.3. The van der Waals surface area contributed by atoms with Gasteiger partial charge in [0.15, 0.2) is 0 Å². The van der Waals surface area contributed by atoms with E-state index in [0.29, 0.717) is 13.0 Å². The molecule has 2 saturated heterocycles. The molecular formula is C13H25N3O2S. The molecule has 0 radical (unpaired) electrons. The highest BCUT2D eigenvalue weighted by atomic mass is 32.2. The Morgan fingerprint density at radius 1 is 1.42 bits per heavy atom. The first-order chi connectivity index (χ1) is 9.27. The van der Waals surface area contributed by atoms with Crippen LogP contribution < -0.4 is 11.1 Å². The Kier molecular flexibility index (Phi) is 5.94. The van der Waals surface area contributed by atoms with Gasteiger partial charge < -0.3 is 15.8 Å². The van der Waals surface area contributed by atoms with E-state index in [-0.39, 0.29) is 11.4 Å². The topological polar surface area (TPSA) is 67.6 Å². The maximum Gasteiger partial charge on any atom is 0.220 e. The standard InChI is InChI=1S/C13H25N3O2S/c14-4-1-2-12(17)15-10-13(3-9-19-11-13)16-5-7-18-8-6-16/h1-11,14H2,(H,15,17). The van der Waals surface area contributed by atoms with Gasteiger partial charge in [-0.15, -0.1) is 0 Å². The van der Waals surface area contributed by atoms with Crippen LogP contribution in [0.15, 0.2) is 0 Å². The Bertz CT molecular complexity index is 290. The average Bonchev–Trinajstić information content (AvgIpc) is 2.94. The Balaban J connectivity index is 1.86. The number of amides is 1. The second-order valence-electron chi connectivity index (χ2n) is 5.30. The monoisotopic (exact) mass is 287 g/mol. The molecule has 6 heteroatoms. The fourth-order valence-electron chi connectivity index (χ4n) is 2.75. The van der Waals surface area contributed by atoms with Crippen molar-refractivity contribution in [1.82, 2.24) is 10.2 Å². The molecule has 3 N–H and O–H groups in total. The van der Waals surface area contributed by atoms with E-state index in [1.54, 1.807) is 0 Å². The highest BCUT2D eigenvalue weighted by Crippen LogP contribution is 2.33. The third-order valence-corrected chi connectivity index (χ3v) is 5.22. The number of hydrogen-bond donors (Lipinski definition) is 2. The molecule has 1 atom stereocenters. The van der Waals surface area contributed by atoms with E-state index in [0.717, 1.165) is 51.4 Å². The van der Waals surface area contributed by atoms with E-state index in [1.807, 2.05) is 11.8 Å². The minimum absolute atomic E-state index is 0.134. The van der Waals surface area contributed by atoms with Crippen LogP contribution in [0.25, 0.3) is 0 Å². The number of nitrogens with one attached hydrogen (secondary N) is 1. The van der Waals surface area contributed by atoms with Crippen molar-refractivity contribution in [2.24, 2.45) is 5.73 Å². The largest absolute Gasteiger partial charge is 0.379 e. The Morgan fingerprint density at radius 3 is 2.84 bits per heavy atom. The zero-order chi connectivity index (χ0) is 13.6. The van der Waals surface area contributed by atoms with Gasteiger partial charge >= 0.3 is 0 Å². The van der Waals surface area contributed by atoms with Crippen LogP contribution in [0.5, 0.6) is 0 Å². The highest BCUT2D eigenvalue weighted by Gasteiger charge is 2.40. The third kappa shape index (κ3) is 4.08. The second kappa shape index (κ2) is 7.47. The summed E-state index contributed by atoms with van der Waals surface area (Å²) in [6.07, 6.45) is 2.48. The first-order valence-corrected chi connectivity index (χ1v) is 8.30. The lowest BCUT2D eigenvalue weighted by atomic mass is 9.95. The summed E-state index contributed by atoms with van der Waals surface area (Å²) in [5, 5.41) is 3.11. The number of carbonyl (C=O) groups excluding carboxylic acids is 1. The van der Waals surface area contributed by atoms with Crippen LogP contribution >= 0.6 is 11.8 Å². The van der Waals surface area contributed by atoms with Crippen LogP contribution in [0.1, 0.15) is 19.3 Å². The van der Waals surface area contributed by atoms with Crippen LogP contribution in [0, 0.1) is 0 Å². The van der Waals surface area contributed by atoms with Crippen LogP contribution in [-0.2, 0) is 9.53 Å². The predicted octanol–water partition coefficient (Wildman–Crippen LogP) is 0.0494. The minimum Gasteiger partial charge on any atom is -0.379 e. The fraction of sp³-hybridized carbons (Fsp3) is 0.923. The molecule has 19 heavy (non-hydrogen) atoms. The summed E-state index contributed by atoms with van der Waals surface area (Å²) in [5.74, 6) is 2.44. The van der Waals surface area contributed by atoms with Crippen LogP contribution in [0.4, 0.5) is 0 Å². The molecule has 0 aromatic rings. The van der Waals surface area contributed by atoms with Gasteiger partial charge in [0.05, 0.1) is 13.2 Å². The molecule has 0 aromatic carbocycles. The summed E-state index contributed by atoms with van der Waals surface area (Å²) < 4.78 is 5.43. The Hall–Kier alpha value is -0.300. The lowest BCUT2D eigenvalue weighted by Gasteiger charge is -2.43. The molecule has 2 rings (SSSR count). The maximum absolute atomic E-state index is 11.8. The number of carbonyl (C=O) groups is 1. The first-order valence-electron chi connectivity index (χ1n) is 7.14. The van der Waals surface area contributed by atoms with Gasteiger partial charge in [-0.1, -0.05) is 0 Å². The average molecular weight is 287 g/mol.